The van der Waals surface area contributed by atoms with Crippen LogP contribution >= 0.6 is 0 Å². The summed E-state index contributed by atoms with van der Waals surface area (Å²) in [7, 11) is 0. The molecule has 6 amide bonds. The number of rotatable bonds is 6. The van der Waals surface area contributed by atoms with Gasteiger partial charge in [-0.3, -0.25) is 14.9 Å². The average Bonchev–Trinajstić information content (AvgIpc) is 3.33. The molecule has 160 valence electrons. The molecule has 2 unspecified atom stereocenters. The summed E-state index contributed by atoms with van der Waals surface area (Å²) in [6.07, 6.45) is 2.31. The Morgan fingerprint density at radius 2 is 2.03 bits per heavy atom. The van der Waals surface area contributed by atoms with Crippen LogP contribution in [0.5, 0.6) is 0 Å². The van der Waals surface area contributed by atoms with Crippen molar-refractivity contribution in [2.45, 2.75) is 44.8 Å². The van der Waals surface area contributed by atoms with E-state index in [1.165, 1.54) is 0 Å². The van der Waals surface area contributed by atoms with E-state index < -0.39 is 11.6 Å². The number of urea groups is 2. The van der Waals surface area contributed by atoms with Gasteiger partial charge < -0.3 is 20.0 Å². The molecule has 3 aliphatic heterocycles. The zero-order valence-corrected chi connectivity index (χ0v) is 17.3. The minimum Gasteiger partial charge on any atom is -0.332 e. The molecule has 30 heavy (non-hydrogen) atoms. The Balaban J connectivity index is 1.52. The van der Waals surface area contributed by atoms with Crippen molar-refractivity contribution in [2.75, 3.05) is 26.2 Å². The molecule has 2 saturated heterocycles. The smallest absolute Gasteiger partial charge is 0.321 e. The molecule has 0 bridgehead atoms. The Morgan fingerprint density at radius 3 is 2.77 bits per heavy atom. The minimum atomic E-state index is -0.921. The van der Waals surface area contributed by atoms with E-state index in [1.807, 2.05) is 30.0 Å². The zero-order chi connectivity index (χ0) is 21.5. The number of carbonyl (C=O) groups excluding carboxylic acids is 4. The fourth-order valence-electron chi connectivity index (χ4n) is 4.86. The van der Waals surface area contributed by atoms with Crippen LogP contribution in [-0.2, 0) is 11.3 Å². The van der Waals surface area contributed by atoms with Crippen molar-refractivity contribution in [3.63, 3.8) is 0 Å². The highest BCUT2D eigenvalue weighted by molar-refractivity contribution is 5.98. The molecule has 3 aliphatic rings. The van der Waals surface area contributed by atoms with Crippen molar-refractivity contribution in [3.8, 4) is 0 Å². The highest BCUT2D eigenvalue weighted by Gasteiger charge is 2.44. The van der Waals surface area contributed by atoms with Crippen LogP contribution in [0.3, 0.4) is 0 Å². The summed E-state index contributed by atoms with van der Waals surface area (Å²) < 4.78 is 0. The van der Waals surface area contributed by atoms with Crippen LogP contribution in [0.15, 0.2) is 18.2 Å². The van der Waals surface area contributed by atoms with Gasteiger partial charge >= 0.3 is 12.1 Å². The maximum Gasteiger partial charge on any atom is 0.321 e. The summed E-state index contributed by atoms with van der Waals surface area (Å²) in [6, 6.07) is 5.32. The second kappa shape index (κ2) is 7.62. The van der Waals surface area contributed by atoms with Gasteiger partial charge in [-0.1, -0.05) is 17.7 Å². The molecule has 2 fully saturated rings. The van der Waals surface area contributed by atoms with Gasteiger partial charge in [-0.05, 0) is 38.3 Å². The van der Waals surface area contributed by atoms with E-state index in [9.17, 15) is 19.2 Å². The van der Waals surface area contributed by atoms with Gasteiger partial charge in [0.1, 0.15) is 0 Å². The quantitative estimate of drug-likeness (QED) is 0.681. The molecule has 9 nitrogen and oxygen atoms in total. The van der Waals surface area contributed by atoms with Crippen LogP contribution in [0.2, 0.25) is 0 Å². The second-order valence-corrected chi connectivity index (χ2v) is 8.75. The molecular formula is C21H27N5O4. The molecule has 1 aromatic rings. The first kappa shape index (κ1) is 20.2. The summed E-state index contributed by atoms with van der Waals surface area (Å²) in [5.74, 6) is -0.0918. The second-order valence-electron chi connectivity index (χ2n) is 8.75. The SMILES string of the molecule is Cc1ccc2c(c1)C(=O)N(CC(C)(CN1CC3CCCN3C1=O)NC(=O)NC=O)C2. The van der Waals surface area contributed by atoms with Crippen LogP contribution in [0.4, 0.5) is 9.59 Å². The molecule has 4 rings (SSSR count). The molecule has 1 aromatic carbocycles. The van der Waals surface area contributed by atoms with Gasteiger partial charge in [0.25, 0.3) is 5.91 Å². The summed E-state index contributed by atoms with van der Waals surface area (Å²) in [5.41, 5.74) is 1.71. The van der Waals surface area contributed by atoms with Crippen molar-refractivity contribution in [1.82, 2.24) is 25.3 Å². The maximum atomic E-state index is 13.0. The van der Waals surface area contributed by atoms with Crippen LogP contribution in [0.25, 0.3) is 0 Å². The third-order valence-corrected chi connectivity index (χ3v) is 6.15. The number of fused-ring (bicyclic) bond motifs is 2. The fourth-order valence-corrected chi connectivity index (χ4v) is 4.86. The maximum absolute atomic E-state index is 13.0. The van der Waals surface area contributed by atoms with Crippen LogP contribution < -0.4 is 10.6 Å². The predicted molar refractivity (Wildman–Crippen MR) is 109 cm³/mol. The molecule has 9 heteroatoms. The number of nitrogens with one attached hydrogen (secondary N) is 2. The Morgan fingerprint density at radius 1 is 1.27 bits per heavy atom. The molecule has 0 spiro atoms. The topological polar surface area (TPSA) is 102 Å². The first-order valence-electron chi connectivity index (χ1n) is 10.3. The van der Waals surface area contributed by atoms with Crippen molar-refractivity contribution < 1.29 is 19.2 Å². The summed E-state index contributed by atoms with van der Waals surface area (Å²) in [5, 5.41) is 4.90. The lowest BCUT2D eigenvalue weighted by atomic mass is 10.0. The van der Waals surface area contributed by atoms with Crippen LogP contribution in [-0.4, -0.2) is 76.8 Å². The highest BCUT2D eigenvalue weighted by Crippen LogP contribution is 2.29. The summed E-state index contributed by atoms with van der Waals surface area (Å²) >= 11 is 0. The lowest BCUT2D eigenvalue weighted by Gasteiger charge is -2.37. The average molecular weight is 413 g/mol. The zero-order valence-electron chi connectivity index (χ0n) is 17.3. The van der Waals surface area contributed by atoms with Gasteiger partial charge in [-0.2, -0.15) is 0 Å². The lowest BCUT2D eigenvalue weighted by Crippen LogP contribution is -2.61. The van der Waals surface area contributed by atoms with Gasteiger partial charge in [-0.15, -0.1) is 0 Å². The Bertz CT molecular complexity index is 903. The van der Waals surface area contributed by atoms with E-state index in [0.717, 1.165) is 30.5 Å². The standard InChI is InChI=1S/C21H27N5O4/c1-14-5-6-15-9-24(18(28)17(15)8-14)11-21(2,23-19(29)22-13-27)12-25-10-16-4-3-7-26(16)20(25)30/h5-6,8,13,16H,3-4,7,9-12H2,1-2H3,(H2,22,23,27,29). The van der Waals surface area contributed by atoms with Crippen molar-refractivity contribution >= 4 is 24.4 Å². The monoisotopic (exact) mass is 413 g/mol. The minimum absolute atomic E-state index is 0.0343. The molecule has 0 radical (unpaired) electrons. The summed E-state index contributed by atoms with van der Waals surface area (Å²) in [4.78, 5) is 53.9. The number of amides is 6. The molecule has 2 N–H and O–H groups in total. The van der Waals surface area contributed by atoms with Gasteiger partial charge in [0.15, 0.2) is 0 Å². The van der Waals surface area contributed by atoms with Crippen LogP contribution in [0.1, 0.15) is 41.3 Å². The number of hydrogen-bond acceptors (Lipinski definition) is 4. The normalized spacial score (nSPS) is 22.1. The predicted octanol–water partition coefficient (Wildman–Crippen LogP) is 1.07. The number of aryl methyl sites for hydroxylation is 1. The van der Waals surface area contributed by atoms with Gasteiger partial charge in [0.2, 0.25) is 6.41 Å². The first-order chi connectivity index (χ1) is 14.3. The highest BCUT2D eigenvalue weighted by atomic mass is 16.2. The van der Waals surface area contributed by atoms with Gasteiger partial charge in [0.05, 0.1) is 11.6 Å². The Hall–Kier alpha value is -3.10. The van der Waals surface area contributed by atoms with E-state index >= 15 is 0 Å². The molecule has 0 saturated carbocycles. The largest absolute Gasteiger partial charge is 0.332 e. The molecule has 3 heterocycles. The molecule has 2 atom stereocenters. The van der Waals surface area contributed by atoms with E-state index in [2.05, 4.69) is 10.6 Å². The Labute approximate surface area is 175 Å². The molecule has 0 aromatic heterocycles. The van der Waals surface area contributed by atoms with E-state index in [0.29, 0.717) is 25.1 Å². The molecular weight excluding hydrogens is 386 g/mol. The molecule has 0 aliphatic carbocycles. The van der Waals surface area contributed by atoms with E-state index in [-0.39, 0.29) is 31.1 Å². The van der Waals surface area contributed by atoms with E-state index in [4.69, 9.17) is 0 Å². The van der Waals surface area contributed by atoms with E-state index in [1.54, 1.807) is 16.7 Å². The van der Waals surface area contributed by atoms with Crippen LogP contribution in [0, 0.1) is 6.92 Å². The number of carbonyl (C=O) groups is 4. The van der Waals surface area contributed by atoms with Crippen molar-refractivity contribution in [3.05, 3.63) is 34.9 Å². The number of benzene rings is 1. The van der Waals surface area contributed by atoms with Crippen molar-refractivity contribution in [2.24, 2.45) is 0 Å². The third kappa shape index (κ3) is 3.71. The summed E-state index contributed by atoms with van der Waals surface area (Å²) in [6.45, 7) is 6.04. The first-order valence-corrected chi connectivity index (χ1v) is 10.3. The number of imide groups is 1. The number of hydrogen-bond donors (Lipinski definition) is 2. The third-order valence-electron chi connectivity index (χ3n) is 6.15. The van der Waals surface area contributed by atoms with Gasteiger partial charge in [-0.25, -0.2) is 9.59 Å². The number of nitrogens with zero attached hydrogens (tertiary/aromatic N) is 3. The van der Waals surface area contributed by atoms with Gasteiger partial charge in [0, 0.05) is 38.3 Å². The van der Waals surface area contributed by atoms with Crippen molar-refractivity contribution in [1.29, 1.82) is 0 Å². The Kier molecular flexibility index (Phi) is 5.13. The fraction of sp³-hybridized carbons (Fsp3) is 0.524. The lowest BCUT2D eigenvalue weighted by molar-refractivity contribution is -0.108.